The van der Waals surface area contributed by atoms with Gasteiger partial charge in [-0.2, -0.15) is 0 Å². The van der Waals surface area contributed by atoms with E-state index in [9.17, 15) is 9.59 Å². The summed E-state index contributed by atoms with van der Waals surface area (Å²) in [4.78, 5) is 24.1. The van der Waals surface area contributed by atoms with Gasteiger partial charge in [-0.1, -0.05) is 52.0 Å². The van der Waals surface area contributed by atoms with Crippen LogP contribution in [0, 0.1) is 5.41 Å². The van der Waals surface area contributed by atoms with Gasteiger partial charge in [-0.15, -0.1) is 0 Å². The highest BCUT2D eigenvalue weighted by Crippen LogP contribution is 2.42. The highest BCUT2D eigenvalue weighted by Gasteiger charge is 2.35. The monoisotopic (exact) mass is 257 g/mol. The van der Waals surface area contributed by atoms with E-state index in [0.29, 0.717) is 17.7 Å². The van der Waals surface area contributed by atoms with E-state index < -0.39 is 0 Å². The molecule has 3 heteroatoms. The lowest BCUT2D eigenvalue weighted by Gasteiger charge is -2.23. The van der Waals surface area contributed by atoms with Crippen LogP contribution >= 0.6 is 0 Å². The number of ketones is 1. The number of carbonyl (C=O) groups excluding carboxylic acids is 2. The van der Waals surface area contributed by atoms with Crippen LogP contribution in [0.25, 0.3) is 5.57 Å². The van der Waals surface area contributed by atoms with Gasteiger partial charge in [0.15, 0.2) is 0 Å². The molecule has 1 N–H and O–H groups in total. The molecule has 0 heterocycles. The summed E-state index contributed by atoms with van der Waals surface area (Å²) in [6.07, 6.45) is 0.366. The summed E-state index contributed by atoms with van der Waals surface area (Å²) in [5.74, 6) is -0.208. The Morgan fingerprint density at radius 1 is 1.16 bits per heavy atom. The highest BCUT2D eigenvalue weighted by molar-refractivity contribution is 6.22. The number of Topliss-reactive ketones (excluding diaryl/α,β-unsaturated/α-hetero) is 1. The molecule has 0 saturated heterocycles. The lowest BCUT2D eigenvalue weighted by Crippen LogP contribution is -2.27. The third-order valence-electron chi connectivity index (χ3n) is 3.25. The molecule has 1 aromatic carbocycles. The van der Waals surface area contributed by atoms with E-state index in [2.05, 4.69) is 26.1 Å². The van der Waals surface area contributed by atoms with Gasteiger partial charge < -0.3 is 5.32 Å². The van der Waals surface area contributed by atoms with Gasteiger partial charge in [-0.25, -0.2) is 0 Å². The van der Waals surface area contributed by atoms with Gasteiger partial charge in [-0.3, -0.25) is 9.59 Å². The van der Waals surface area contributed by atoms with Crippen molar-refractivity contribution in [1.29, 1.82) is 0 Å². The van der Waals surface area contributed by atoms with Gasteiger partial charge in [0.25, 0.3) is 0 Å². The molecule has 1 amide bonds. The number of hydrogen-bond donors (Lipinski definition) is 1. The van der Waals surface area contributed by atoms with Crippen molar-refractivity contribution in [3.63, 3.8) is 0 Å². The first-order valence-electron chi connectivity index (χ1n) is 6.55. The maximum Gasteiger partial charge on any atom is 0.224 e. The first-order chi connectivity index (χ1) is 8.86. The summed E-state index contributed by atoms with van der Waals surface area (Å²) in [7, 11) is 0. The molecule has 2 rings (SSSR count). The third kappa shape index (κ3) is 2.33. The molecule has 0 radical (unpaired) electrons. The Labute approximate surface area is 113 Å². The molecule has 1 aliphatic carbocycles. The first-order valence-corrected chi connectivity index (χ1v) is 6.55. The van der Waals surface area contributed by atoms with Crippen molar-refractivity contribution in [3.05, 3.63) is 41.1 Å². The minimum Gasteiger partial charge on any atom is -0.323 e. The summed E-state index contributed by atoms with van der Waals surface area (Å²) in [5, 5.41) is 2.77. The summed E-state index contributed by atoms with van der Waals surface area (Å²) in [5.41, 5.74) is 2.79. The quantitative estimate of drug-likeness (QED) is 0.884. The van der Waals surface area contributed by atoms with Gasteiger partial charge in [0, 0.05) is 12.0 Å². The molecule has 0 bridgehead atoms. The van der Waals surface area contributed by atoms with Crippen molar-refractivity contribution in [2.24, 2.45) is 5.41 Å². The van der Waals surface area contributed by atoms with Gasteiger partial charge in [0.1, 0.15) is 0 Å². The predicted molar refractivity (Wildman–Crippen MR) is 75.6 cm³/mol. The molecule has 0 aliphatic heterocycles. The predicted octanol–water partition coefficient (Wildman–Crippen LogP) is 3.17. The molecule has 19 heavy (non-hydrogen) atoms. The van der Waals surface area contributed by atoms with E-state index in [1.54, 1.807) is 6.92 Å². The largest absolute Gasteiger partial charge is 0.323 e. The molecule has 100 valence electrons. The Balaban J connectivity index is 2.59. The van der Waals surface area contributed by atoms with E-state index >= 15 is 0 Å². The first kappa shape index (κ1) is 13.5. The van der Waals surface area contributed by atoms with Crippen molar-refractivity contribution in [3.8, 4) is 0 Å². The third-order valence-corrected chi connectivity index (χ3v) is 3.25. The fourth-order valence-corrected chi connectivity index (χ4v) is 2.41. The maximum absolute atomic E-state index is 12.4. The molecular formula is C16H19NO2. The molecule has 3 nitrogen and oxygen atoms in total. The lowest BCUT2D eigenvalue weighted by atomic mass is 9.82. The second-order valence-corrected chi connectivity index (χ2v) is 5.78. The van der Waals surface area contributed by atoms with Crippen LogP contribution in [0.2, 0.25) is 0 Å². The Hall–Kier alpha value is -1.90. The molecule has 0 spiro atoms. The zero-order chi connectivity index (χ0) is 14.2. The average Bonchev–Trinajstić information content (AvgIpc) is 2.63. The van der Waals surface area contributed by atoms with Crippen molar-refractivity contribution >= 4 is 17.3 Å². The summed E-state index contributed by atoms with van der Waals surface area (Å²) in [6, 6.07) is 7.53. The molecular weight excluding hydrogens is 238 g/mol. The van der Waals surface area contributed by atoms with Crippen molar-refractivity contribution in [2.75, 3.05) is 0 Å². The van der Waals surface area contributed by atoms with E-state index in [4.69, 9.17) is 0 Å². The van der Waals surface area contributed by atoms with Crippen LogP contribution in [0.4, 0.5) is 0 Å². The second-order valence-electron chi connectivity index (χ2n) is 5.78. The van der Waals surface area contributed by atoms with Gasteiger partial charge >= 0.3 is 0 Å². The average molecular weight is 257 g/mol. The normalized spacial score (nSPS) is 14.6. The second kappa shape index (κ2) is 4.65. The molecule has 0 unspecified atom stereocenters. The van der Waals surface area contributed by atoms with Crippen LogP contribution in [-0.4, -0.2) is 11.7 Å². The zero-order valence-electron chi connectivity index (χ0n) is 11.8. The van der Waals surface area contributed by atoms with Crippen LogP contribution in [-0.2, 0) is 4.79 Å². The Kier molecular flexibility index (Phi) is 3.31. The van der Waals surface area contributed by atoms with Gasteiger partial charge in [0.2, 0.25) is 11.7 Å². The molecule has 1 aromatic rings. The van der Waals surface area contributed by atoms with Crippen LogP contribution in [0.15, 0.2) is 30.0 Å². The SMILES string of the molecule is CCC(=O)NC1=C(C(C)(C)C)c2ccccc2C1=O. The standard InChI is InChI=1S/C16H19NO2/c1-5-12(18)17-14-13(16(2,3)4)10-8-6-7-9-11(10)15(14)19/h6-9H,5H2,1-4H3,(H,17,18,19). The number of nitrogens with one attached hydrogen (secondary N) is 1. The maximum atomic E-state index is 12.4. The number of allylic oxidation sites excluding steroid dienone is 2. The number of hydrogen-bond acceptors (Lipinski definition) is 2. The summed E-state index contributed by atoms with van der Waals surface area (Å²) >= 11 is 0. The minimum atomic E-state index is -0.196. The van der Waals surface area contributed by atoms with Gasteiger partial charge in [-0.05, 0) is 16.6 Å². The lowest BCUT2D eigenvalue weighted by molar-refractivity contribution is -0.120. The van der Waals surface area contributed by atoms with E-state index in [1.165, 1.54) is 0 Å². The molecule has 0 fully saturated rings. The number of fused-ring (bicyclic) bond motifs is 1. The van der Waals surface area contributed by atoms with Crippen LogP contribution in [0.3, 0.4) is 0 Å². The smallest absolute Gasteiger partial charge is 0.224 e. The summed E-state index contributed by atoms with van der Waals surface area (Å²) < 4.78 is 0. The topological polar surface area (TPSA) is 46.2 Å². The zero-order valence-corrected chi connectivity index (χ0v) is 11.8. The Morgan fingerprint density at radius 2 is 1.74 bits per heavy atom. The highest BCUT2D eigenvalue weighted by atomic mass is 16.2. The van der Waals surface area contributed by atoms with Gasteiger partial charge in [0.05, 0.1) is 5.70 Å². The number of carbonyl (C=O) groups is 2. The van der Waals surface area contributed by atoms with E-state index in [1.807, 2.05) is 24.3 Å². The molecule has 0 saturated carbocycles. The van der Waals surface area contributed by atoms with Crippen LogP contribution in [0.1, 0.15) is 50.0 Å². The van der Waals surface area contributed by atoms with Crippen molar-refractivity contribution in [2.45, 2.75) is 34.1 Å². The fraction of sp³-hybridized carbons (Fsp3) is 0.375. The minimum absolute atomic E-state index is 0.0812. The molecule has 1 aliphatic rings. The molecule has 0 atom stereocenters. The Morgan fingerprint density at radius 3 is 2.26 bits per heavy atom. The summed E-state index contributed by atoms with van der Waals surface area (Å²) in [6.45, 7) is 7.93. The van der Waals surface area contributed by atoms with Crippen LogP contribution in [0.5, 0.6) is 0 Å². The Bertz CT molecular complexity index is 577. The molecule has 0 aromatic heterocycles. The van der Waals surface area contributed by atoms with E-state index in [-0.39, 0.29) is 17.1 Å². The number of rotatable bonds is 2. The number of amides is 1. The van der Waals surface area contributed by atoms with E-state index in [0.717, 1.165) is 11.1 Å². The fourth-order valence-electron chi connectivity index (χ4n) is 2.41. The number of benzene rings is 1. The van der Waals surface area contributed by atoms with Crippen LogP contribution < -0.4 is 5.32 Å². The van der Waals surface area contributed by atoms with Crippen molar-refractivity contribution < 1.29 is 9.59 Å². The van der Waals surface area contributed by atoms with Crippen molar-refractivity contribution in [1.82, 2.24) is 5.32 Å².